The van der Waals surface area contributed by atoms with Crippen LogP contribution < -0.4 is 0 Å². The second-order valence-electron chi connectivity index (χ2n) is 4.93. The molecule has 0 bridgehead atoms. The molecule has 0 saturated heterocycles. The van der Waals surface area contributed by atoms with Gasteiger partial charge in [-0.3, -0.25) is 0 Å². The summed E-state index contributed by atoms with van der Waals surface area (Å²) in [6.45, 7) is 0. The number of hydrogen-bond acceptors (Lipinski definition) is 3. The quantitative estimate of drug-likeness (QED) is 0.777. The van der Waals surface area contributed by atoms with E-state index in [1.165, 1.54) is 30.3 Å². The Hall–Kier alpha value is -2.37. The van der Waals surface area contributed by atoms with E-state index in [0.717, 1.165) is 6.07 Å². The number of rotatable bonds is 3. The van der Waals surface area contributed by atoms with E-state index in [1.807, 2.05) is 0 Å². The zero-order valence-electron chi connectivity index (χ0n) is 11.7. The Bertz CT molecular complexity index is 1030. The molecule has 0 aliphatic rings. The van der Waals surface area contributed by atoms with E-state index in [9.17, 15) is 13.2 Å². The van der Waals surface area contributed by atoms with Gasteiger partial charge < -0.3 is 5.11 Å². The lowest BCUT2D eigenvalue weighted by Crippen LogP contribution is -2.05. The summed E-state index contributed by atoms with van der Waals surface area (Å²) in [5, 5.41) is 10.6. The number of carboxylic acid groups (broad SMARTS) is 1. The fourth-order valence-corrected chi connectivity index (χ4v) is 4.13. The molecule has 0 spiro atoms. The molecule has 0 heterocycles. The Morgan fingerprint density at radius 1 is 0.913 bits per heavy atom. The zero-order valence-corrected chi connectivity index (χ0v) is 13.3. The van der Waals surface area contributed by atoms with E-state index in [0.29, 0.717) is 15.8 Å². The van der Waals surface area contributed by atoms with Crippen LogP contribution in [0.4, 0.5) is 0 Å². The molecule has 4 nitrogen and oxygen atoms in total. The number of halogens is 1. The van der Waals surface area contributed by atoms with Crippen LogP contribution in [0.1, 0.15) is 10.4 Å². The van der Waals surface area contributed by atoms with Gasteiger partial charge in [0.2, 0.25) is 9.84 Å². The van der Waals surface area contributed by atoms with E-state index < -0.39 is 15.8 Å². The van der Waals surface area contributed by atoms with E-state index in [-0.39, 0.29) is 15.4 Å². The third-order valence-electron chi connectivity index (χ3n) is 3.51. The third kappa shape index (κ3) is 2.69. The Labute approximate surface area is 137 Å². The van der Waals surface area contributed by atoms with Crippen molar-refractivity contribution in [1.82, 2.24) is 0 Å². The van der Waals surface area contributed by atoms with Crippen molar-refractivity contribution in [2.24, 2.45) is 0 Å². The number of hydrogen-bond donors (Lipinski definition) is 1. The minimum atomic E-state index is -3.86. The normalized spacial score (nSPS) is 11.5. The van der Waals surface area contributed by atoms with Crippen molar-refractivity contribution in [1.29, 1.82) is 0 Å². The summed E-state index contributed by atoms with van der Waals surface area (Å²) >= 11 is 6.12. The molecular formula is C17H11ClO4S. The molecule has 0 unspecified atom stereocenters. The lowest BCUT2D eigenvalue weighted by atomic mass is 10.1. The fourth-order valence-electron chi connectivity index (χ4n) is 2.39. The molecule has 3 aromatic carbocycles. The molecule has 1 N–H and O–H groups in total. The second kappa shape index (κ2) is 5.68. The van der Waals surface area contributed by atoms with Gasteiger partial charge in [-0.1, -0.05) is 41.9 Å². The summed E-state index contributed by atoms with van der Waals surface area (Å²) in [5.74, 6) is -1.18. The van der Waals surface area contributed by atoms with Crippen molar-refractivity contribution in [3.8, 4) is 0 Å². The van der Waals surface area contributed by atoms with Crippen LogP contribution in [0, 0.1) is 0 Å². The molecule has 0 amide bonds. The molecule has 0 fully saturated rings. The average Bonchev–Trinajstić information content (AvgIpc) is 2.55. The van der Waals surface area contributed by atoms with Crippen LogP contribution in [-0.4, -0.2) is 19.5 Å². The molecule has 23 heavy (non-hydrogen) atoms. The van der Waals surface area contributed by atoms with Crippen LogP contribution in [0.15, 0.2) is 70.5 Å². The van der Waals surface area contributed by atoms with Crippen molar-refractivity contribution in [3.05, 3.63) is 71.2 Å². The standard InChI is InChI=1S/C17H11ClO4S/c18-15-8-9-16(14-7-2-1-6-13(14)15)23(21,22)12-5-3-4-11(10-12)17(19)20/h1-10H,(H,19,20). The van der Waals surface area contributed by atoms with Gasteiger partial charge in [-0.2, -0.15) is 0 Å². The number of carbonyl (C=O) groups is 1. The van der Waals surface area contributed by atoms with Gasteiger partial charge in [0, 0.05) is 15.8 Å². The first-order valence-electron chi connectivity index (χ1n) is 6.67. The molecule has 6 heteroatoms. The van der Waals surface area contributed by atoms with Crippen LogP contribution in [0.25, 0.3) is 10.8 Å². The Kier molecular flexibility index (Phi) is 3.83. The molecular weight excluding hydrogens is 336 g/mol. The maximum atomic E-state index is 12.9. The van der Waals surface area contributed by atoms with Crippen LogP contribution in [0.3, 0.4) is 0 Å². The van der Waals surface area contributed by atoms with E-state index in [2.05, 4.69) is 0 Å². The molecule has 3 rings (SSSR count). The monoisotopic (exact) mass is 346 g/mol. The van der Waals surface area contributed by atoms with Gasteiger partial charge in [0.15, 0.2) is 0 Å². The Morgan fingerprint density at radius 2 is 1.61 bits per heavy atom. The number of aromatic carboxylic acids is 1. The largest absolute Gasteiger partial charge is 0.478 e. The van der Waals surface area contributed by atoms with Crippen LogP contribution in [0.5, 0.6) is 0 Å². The third-order valence-corrected chi connectivity index (χ3v) is 5.65. The van der Waals surface area contributed by atoms with Gasteiger partial charge in [-0.15, -0.1) is 0 Å². The predicted molar refractivity (Wildman–Crippen MR) is 87.8 cm³/mol. The fraction of sp³-hybridized carbons (Fsp3) is 0. The van der Waals surface area contributed by atoms with Crippen molar-refractivity contribution < 1.29 is 18.3 Å². The Balaban J connectivity index is 2.28. The van der Waals surface area contributed by atoms with Crippen LogP contribution in [-0.2, 0) is 9.84 Å². The maximum absolute atomic E-state index is 12.9. The van der Waals surface area contributed by atoms with E-state index in [4.69, 9.17) is 16.7 Å². The molecule has 0 aliphatic heterocycles. The molecule has 116 valence electrons. The van der Waals surface area contributed by atoms with Gasteiger partial charge in [0.25, 0.3) is 0 Å². The van der Waals surface area contributed by atoms with E-state index >= 15 is 0 Å². The minimum absolute atomic E-state index is 0.0649. The average molecular weight is 347 g/mol. The highest BCUT2D eigenvalue weighted by Gasteiger charge is 2.22. The highest BCUT2D eigenvalue weighted by molar-refractivity contribution is 7.91. The molecule has 0 aliphatic carbocycles. The summed E-state index contributed by atoms with van der Waals surface area (Å²) in [4.78, 5) is 11.1. The number of fused-ring (bicyclic) bond motifs is 1. The molecule has 0 aromatic heterocycles. The van der Waals surface area contributed by atoms with Crippen LogP contribution in [0.2, 0.25) is 5.02 Å². The van der Waals surface area contributed by atoms with Gasteiger partial charge >= 0.3 is 5.97 Å². The minimum Gasteiger partial charge on any atom is -0.478 e. The van der Waals surface area contributed by atoms with Gasteiger partial charge in [-0.25, -0.2) is 13.2 Å². The summed E-state index contributed by atoms with van der Waals surface area (Å²) < 4.78 is 25.8. The number of sulfone groups is 1. The lowest BCUT2D eigenvalue weighted by molar-refractivity contribution is 0.0696. The molecule has 3 aromatic rings. The first-order valence-corrected chi connectivity index (χ1v) is 8.53. The highest BCUT2D eigenvalue weighted by Crippen LogP contribution is 2.32. The highest BCUT2D eigenvalue weighted by atomic mass is 35.5. The predicted octanol–water partition coefficient (Wildman–Crippen LogP) is 4.02. The van der Waals surface area contributed by atoms with Crippen molar-refractivity contribution in [3.63, 3.8) is 0 Å². The molecule has 0 radical (unpaired) electrons. The van der Waals surface area contributed by atoms with Gasteiger partial charge in [-0.05, 0) is 30.3 Å². The van der Waals surface area contributed by atoms with E-state index in [1.54, 1.807) is 24.3 Å². The number of benzene rings is 3. The molecule has 0 saturated carbocycles. The lowest BCUT2D eigenvalue weighted by Gasteiger charge is -2.10. The van der Waals surface area contributed by atoms with Crippen LogP contribution >= 0.6 is 11.6 Å². The van der Waals surface area contributed by atoms with Gasteiger partial charge in [0.05, 0.1) is 15.4 Å². The Morgan fingerprint density at radius 3 is 2.30 bits per heavy atom. The maximum Gasteiger partial charge on any atom is 0.335 e. The van der Waals surface area contributed by atoms with Crippen molar-refractivity contribution in [2.45, 2.75) is 9.79 Å². The second-order valence-corrected chi connectivity index (χ2v) is 7.25. The zero-order chi connectivity index (χ0) is 16.6. The summed E-state index contributed by atoms with van der Waals surface area (Å²) in [6, 6.07) is 15.2. The first kappa shape index (κ1) is 15.5. The smallest absolute Gasteiger partial charge is 0.335 e. The van der Waals surface area contributed by atoms with Crippen molar-refractivity contribution in [2.75, 3.05) is 0 Å². The summed E-state index contributed by atoms with van der Waals surface area (Å²) in [5.41, 5.74) is -0.0793. The topological polar surface area (TPSA) is 71.4 Å². The molecule has 0 atom stereocenters. The summed E-state index contributed by atoms with van der Waals surface area (Å²) in [6.07, 6.45) is 0. The van der Waals surface area contributed by atoms with Crippen molar-refractivity contribution >= 4 is 38.2 Å². The number of carboxylic acids is 1. The SMILES string of the molecule is O=C(O)c1cccc(S(=O)(=O)c2ccc(Cl)c3ccccc23)c1. The summed E-state index contributed by atoms with van der Waals surface area (Å²) in [7, 11) is -3.86. The van der Waals surface area contributed by atoms with Gasteiger partial charge in [0.1, 0.15) is 0 Å². The first-order chi connectivity index (χ1) is 10.9.